The summed E-state index contributed by atoms with van der Waals surface area (Å²) in [5.74, 6) is 1.38. The van der Waals surface area contributed by atoms with E-state index in [1.54, 1.807) is 18.3 Å². The van der Waals surface area contributed by atoms with E-state index in [0.717, 1.165) is 5.56 Å². The first kappa shape index (κ1) is 24.4. The Morgan fingerprint density at radius 1 is 0.865 bits per heavy atom. The molecule has 0 aliphatic carbocycles. The number of benzene rings is 2. The molecule has 0 saturated carbocycles. The summed E-state index contributed by atoms with van der Waals surface area (Å²) in [7, 11) is -3.26. The van der Waals surface area contributed by atoms with Crippen molar-refractivity contribution in [1.82, 2.24) is 24.9 Å². The lowest BCUT2D eigenvalue weighted by atomic mass is 10.1. The molecule has 1 aliphatic heterocycles. The third-order valence-corrected chi connectivity index (χ3v) is 7.14. The van der Waals surface area contributed by atoms with Crippen LogP contribution >= 0.6 is 0 Å². The Labute approximate surface area is 214 Å². The van der Waals surface area contributed by atoms with Gasteiger partial charge in [-0.2, -0.15) is 9.97 Å². The first-order valence-corrected chi connectivity index (χ1v) is 13.6. The van der Waals surface area contributed by atoms with Crippen molar-refractivity contribution < 1.29 is 13.5 Å². The van der Waals surface area contributed by atoms with Crippen molar-refractivity contribution in [2.45, 2.75) is 11.3 Å². The minimum atomic E-state index is -3.26. The van der Waals surface area contributed by atoms with Gasteiger partial charge in [-0.25, -0.2) is 23.4 Å². The molecule has 37 heavy (non-hydrogen) atoms. The van der Waals surface area contributed by atoms with Gasteiger partial charge in [0.2, 0.25) is 23.7 Å². The number of hydrogen-bond donors (Lipinski definition) is 2. The van der Waals surface area contributed by atoms with Crippen molar-refractivity contribution in [1.29, 1.82) is 0 Å². The minimum absolute atomic E-state index is 0.00552. The van der Waals surface area contributed by atoms with Crippen molar-refractivity contribution >= 4 is 33.4 Å². The summed E-state index contributed by atoms with van der Waals surface area (Å²) in [6.07, 6.45) is 4.86. The van der Waals surface area contributed by atoms with Crippen molar-refractivity contribution in [3.8, 4) is 5.88 Å². The summed E-state index contributed by atoms with van der Waals surface area (Å²) in [6.45, 7) is 2.56. The van der Waals surface area contributed by atoms with E-state index in [1.807, 2.05) is 40.1 Å². The van der Waals surface area contributed by atoms with E-state index in [4.69, 9.17) is 0 Å². The van der Waals surface area contributed by atoms with Gasteiger partial charge in [0, 0.05) is 56.3 Å². The molecule has 12 heteroatoms. The lowest BCUT2D eigenvalue weighted by Crippen LogP contribution is -2.47. The molecule has 0 atom stereocenters. The molecule has 3 heterocycles. The molecule has 0 unspecified atom stereocenters. The molecule has 5 rings (SSSR count). The van der Waals surface area contributed by atoms with Crippen LogP contribution in [0.25, 0.3) is 0 Å². The zero-order valence-electron chi connectivity index (χ0n) is 20.2. The predicted octanol–water partition coefficient (Wildman–Crippen LogP) is 2.43. The van der Waals surface area contributed by atoms with Gasteiger partial charge in [0.1, 0.15) is 6.33 Å². The van der Waals surface area contributed by atoms with Crippen LogP contribution < -0.4 is 15.1 Å². The third kappa shape index (κ3) is 5.92. The Bertz CT molecular complexity index is 1480. The first-order valence-electron chi connectivity index (χ1n) is 11.7. The largest absolute Gasteiger partial charge is 0.493 e. The summed E-state index contributed by atoms with van der Waals surface area (Å²) < 4.78 is 23.3. The van der Waals surface area contributed by atoms with Gasteiger partial charge in [-0.05, 0) is 29.8 Å². The van der Waals surface area contributed by atoms with Crippen LogP contribution in [0.15, 0.2) is 72.0 Å². The molecule has 2 aromatic heterocycles. The smallest absolute Gasteiger partial charge is 0.231 e. The average Bonchev–Trinajstić information content (AvgIpc) is 2.90. The Morgan fingerprint density at radius 2 is 1.51 bits per heavy atom. The second-order valence-electron chi connectivity index (χ2n) is 8.69. The number of rotatable bonds is 7. The minimum Gasteiger partial charge on any atom is -0.493 e. The molecule has 0 bridgehead atoms. The van der Waals surface area contributed by atoms with E-state index in [2.05, 4.69) is 30.2 Å². The van der Waals surface area contributed by atoms with E-state index in [1.165, 1.54) is 24.7 Å². The van der Waals surface area contributed by atoms with Gasteiger partial charge in [0.25, 0.3) is 0 Å². The van der Waals surface area contributed by atoms with Crippen LogP contribution in [0.2, 0.25) is 0 Å². The second-order valence-corrected chi connectivity index (χ2v) is 10.7. The lowest BCUT2D eigenvalue weighted by Gasteiger charge is -2.34. The van der Waals surface area contributed by atoms with Gasteiger partial charge < -0.3 is 20.2 Å². The summed E-state index contributed by atoms with van der Waals surface area (Å²) in [6, 6.07) is 16.3. The number of sulfone groups is 1. The fourth-order valence-corrected chi connectivity index (χ4v) is 4.63. The number of aromatic hydroxyl groups is 1. The predicted molar refractivity (Wildman–Crippen MR) is 140 cm³/mol. The zero-order valence-corrected chi connectivity index (χ0v) is 21.0. The molecule has 0 amide bonds. The van der Waals surface area contributed by atoms with Gasteiger partial charge >= 0.3 is 0 Å². The SMILES string of the molecule is CS(=O)(=O)c1ccc(Nc2ncnc(N3CCN(c4ncc(Cc5ccccc5)c(O)n4)CC3)n2)cc1. The van der Waals surface area contributed by atoms with Crippen LogP contribution in [0.3, 0.4) is 0 Å². The van der Waals surface area contributed by atoms with Crippen molar-refractivity contribution in [2.75, 3.05) is 47.6 Å². The van der Waals surface area contributed by atoms with Crippen LogP contribution in [0, 0.1) is 0 Å². The van der Waals surface area contributed by atoms with Gasteiger partial charge in [-0.1, -0.05) is 30.3 Å². The Balaban J connectivity index is 1.20. The Hall–Kier alpha value is -4.32. The van der Waals surface area contributed by atoms with Gasteiger partial charge in [-0.15, -0.1) is 0 Å². The molecule has 0 spiro atoms. The van der Waals surface area contributed by atoms with Gasteiger partial charge in [0.05, 0.1) is 4.90 Å². The number of hydrogen-bond acceptors (Lipinski definition) is 11. The topological polar surface area (TPSA) is 137 Å². The van der Waals surface area contributed by atoms with E-state index in [-0.39, 0.29) is 10.8 Å². The number of nitrogens with zero attached hydrogens (tertiary/aromatic N) is 7. The fourth-order valence-electron chi connectivity index (χ4n) is 4.00. The van der Waals surface area contributed by atoms with Crippen LogP contribution in [0.5, 0.6) is 5.88 Å². The highest BCUT2D eigenvalue weighted by atomic mass is 32.2. The molecule has 2 aromatic carbocycles. The van der Waals surface area contributed by atoms with E-state index < -0.39 is 9.84 Å². The molecule has 1 aliphatic rings. The first-order chi connectivity index (χ1) is 17.8. The quantitative estimate of drug-likeness (QED) is 0.373. The van der Waals surface area contributed by atoms with Crippen molar-refractivity contribution in [3.63, 3.8) is 0 Å². The maximum Gasteiger partial charge on any atom is 0.231 e. The standard InChI is InChI=1S/C25H26N8O3S/c1-37(35,36)21-9-7-20(8-10-21)29-23-27-17-28-25(31-23)33-13-11-32(12-14-33)24-26-16-19(22(34)30-24)15-18-5-3-2-4-6-18/h2-10,16-17H,11-15H2,1H3,(H,26,30,34)(H,27,28,29,31). The van der Waals surface area contributed by atoms with Crippen LogP contribution in [0.4, 0.5) is 23.5 Å². The zero-order chi connectivity index (χ0) is 25.8. The molecule has 1 fully saturated rings. The summed E-state index contributed by atoms with van der Waals surface area (Å²) in [4.78, 5) is 26.1. The van der Waals surface area contributed by atoms with Crippen molar-refractivity contribution in [3.05, 3.63) is 78.2 Å². The maximum atomic E-state index is 11.7. The lowest BCUT2D eigenvalue weighted by molar-refractivity contribution is 0.444. The summed E-state index contributed by atoms with van der Waals surface area (Å²) >= 11 is 0. The molecule has 11 nitrogen and oxygen atoms in total. The van der Waals surface area contributed by atoms with E-state index in [0.29, 0.717) is 61.7 Å². The number of anilines is 4. The Morgan fingerprint density at radius 3 is 2.14 bits per heavy atom. The summed E-state index contributed by atoms with van der Waals surface area (Å²) in [5, 5.41) is 13.6. The Kier molecular flexibility index (Phi) is 6.82. The van der Waals surface area contributed by atoms with E-state index in [9.17, 15) is 13.5 Å². The van der Waals surface area contributed by atoms with Gasteiger partial charge in [-0.3, -0.25) is 0 Å². The molecular weight excluding hydrogens is 492 g/mol. The highest BCUT2D eigenvalue weighted by molar-refractivity contribution is 7.90. The average molecular weight is 519 g/mol. The number of aromatic nitrogens is 5. The normalized spacial score (nSPS) is 14.0. The van der Waals surface area contributed by atoms with E-state index >= 15 is 0 Å². The molecular formula is C25H26N8O3S. The molecule has 2 N–H and O–H groups in total. The molecule has 4 aromatic rings. The fraction of sp³-hybridized carbons (Fsp3) is 0.240. The highest BCUT2D eigenvalue weighted by Gasteiger charge is 2.22. The van der Waals surface area contributed by atoms with Crippen LogP contribution in [0.1, 0.15) is 11.1 Å². The third-order valence-electron chi connectivity index (χ3n) is 6.01. The monoisotopic (exact) mass is 518 g/mol. The van der Waals surface area contributed by atoms with Crippen LogP contribution in [-0.2, 0) is 16.3 Å². The molecule has 0 radical (unpaired) electrons. The second kappa shape index (κ2) is 10.3. The molecule has 1 saturated heterocycles. The summed E-state index contributed by atoms with van der Waals surface area (Å²) in [5.41, 5.74) is 2.44. The molecule has 190 valence electrons. The number of piperazine rings is 1. The maximum absolute atomic E-state index is 11.7. The van der Waals surface area contributed by atoms with Gasteiger partial charge in [0.15, 0.2) is 9.84 Å². The van der Waals surface area contributed by atoms with Crippen molar-refractivity contribution in [2.24, 2.45) is 0 Å². The highest BCUT2D eigenvalue weighted by Crippen LogP contribution is 2.22. The number of nitrogens with one attached hydrogen (secondary N) is 1. The van der Waals surface area contributed by atoms with Crippen LogP contribution in [-0.4, -0.2) is 70.9 Å².